The van der Waals surface area contributed by atoms with Gasteiger partial charge in [-0.1, -0.05) is 18.2 Å². The van der Waals surface area contributed by atoms with Crippen LogP contribution in [0, 0.1) is 0 Å². The number of nitrogens with two attached hydrogens (primary N) is 1. The van der Waals surface area contributed by atoms with E-state index in [0.29, 0.717) is 35.5 Å². The molecule has 0 saturated carbocycles. The van der Waals surface area contributed by atoms with E-state index in [1.165, 1.54) is 33.3 Å². The van der Waals surface area contributed by atoms with Crippen molar-refractivity contribution in [3.8, 4) is 0 Å². The number of carbonyl (C=O) groups is 5. The van der Waals surface area contributed by atoms with Crippen molar-refractivity contribution < 1.29 is 29.1 Å². The molecular formula is C24H27N5O6S2. The van der Waals surface area contributed by atoms with Gasteiger partial charge in [-0.25, -0.2) is 4.79 Å². The molecule has 4 amide bonds. The smallest absolute Gasteiger partial charge is 0.352 e. The fraction of sp³-hybridized carbons (Fsp3) is 0.458. The van der Waals surface area contributed by atoms with Crippen molar-refractivity contribution in [2.75, 3.05) is 11.5 Å². The minimum atomic E-state index is -1.18. The van der Waals surface area contributed by atoms with Crippen molar-refractivity contribution >= 4 is 53.1 Å². The zero-order chi connectivity index (χ0) is 26.6. The lowest BCUT2D eigenvalue weighted by molar-refractivity contribution is -0.151. The number of nitrogens with zero attached hydrogens (tertiary/aromatic N) is 2. The van der Waals surface area contributed by atoms with Gasteiger partial charge >= 0.3 is 5.97 Å². The van der Waals surface area contributed by atoms with Gasteiger partial charge in [0, 0.05) is 11.5 Å². The molecule has 0 radical (unpaired) electrons. The molecule has 0 spiro atoms. The third-order valence-electron chi connectivity index (χ3n) is 7.04. The standard InChI is InChI=1S/C24H27N5O6S2/c1-10-8-36-22-14(26-18(30)13(25)12-6-4-3-5-7-12)20(32)28(22)16(10)19(31)27-15-21(33)29-17(24(34)35)11(2)9-37-23(15)29/h3-4,7,13-15,22-23H,5-6,8-9,25H2,1-2H3,(H,26,30)(H,27,31)(H,34,35)/t13-,14-,15-,22-,23-/m1/s1. The van der Waals surface area contributed by atoms with Gasteiger partial charge in [0.15, 0.2) is 0 Å². The number of allylic oxidation sites excluding steroid dienone is 3. The number of aliphatic carboxylic acids is 1. The maximum atomic E-state index is 13.3. The van der Waals surface area contributed by atoms with Crippen LogP contribution in [-0.2, 0) is 24.0 Å². The number of β-lactam (4-membered cyclic amide) rings is 2. The Kier molecular flexibility index (Phi) is 6.71. The third kappa shape index (κ3) is 4.18. The molecule has 0 bridgehead atoms. The molecule has 0 aromatic carbocycles. The van der Waals surface area contributed by atoms with E-state index in [1.54, 1.807) is 13.8 Å². The van der Waals surface area contributed by atoms with E-state index < -0.39 is 58.5 Å². The molecule has 1 aliphatic carbocycles. The van der Waals surface area contributed by atoms with E-state index in [4.69, 9.17) is 5.73 Å². The zero-order valence-electron chi connectivity index (χ0n) is 20.2. The summed E-state index contributed by atoms with van der Waals surface area (Å²) in [4.78, 5) is 66.1. The molecule has 37 heavy (non-hydrogen) atoms. The van der Waals surface area contributed by atoms with E-state index in [2.05, 4.69) is 10.6 Å². The Hall–Kier alpha value is -3.03. The van der Waals surface area contributed by atoms with Gasteiger partial charge < -0.3 is 21.5 Å². The zero-order valence-corrected chi connectivity index (χ0v) is 21.9. The third-order valence-corrected chi connectivity index (χ3v) is 9.89. The van der Waals surface area contributed by atoms with Crippen molar-refractivity contribution in [3.63, 3.8) is 0 Å². The number of carboxylic acids is 1. The summed E-state index contributed by atoms with van der Waals surface area (Å²) >= 11 is 2.82. The average Bonchev–Trinajstić information content (AvgIpc) is 2.89. The molecule has 4 heterocycles. The summed E-state index contributed by atoms with van der Waals surface area (Å²) in [5, 5.41) is 14.0. The van der Waals surface area contributed by atoms with Crippen LogP contribution in [0.2, 0.25) is 0 Å². The molecule has 4 aliphatic heterocycles. The lowest BCUT2D eigenvalue weighted by Crippen LogP contribution is -2.73. The van der Waals surface area contributed by atoms with Crippen LogP contribution in [0.1, 0.15) is 26.7 Å². The monoisotopic (exact) mass is 545 g/mol. The second-order valence-electron chi connectivity index (χ2n) is 9.49. The van der Waals surface area contributed by atoms with Gasteiger partial charge in [0.2, 0.25) is 5.91 Å². The topological polar surface area (TPSA) is 162 Å². The number of amides is 4. The first-order chi connectivity index (χ1) is 17.6. The Morgan fingerprint density at radius 1 is 0.973 bits per heavy atom. The quantitative estimate of drug-likeness (QED) is 0.266. The van der Waals surface area contributed by atoms with Gasteiger partial charge in [-0.3, -0.25) is 29.0 Å². The number of rotatable bonds is 6. The predicted octanol–water partition coefficient (Wildman–Crippen LogP) is 0.0225. The summed E-state index contributed by atoms with van der Waals surface area (Å²) in [6, 6.07) is -2.55. The fourth-order valence-electron chi connectivity index (χ4n) is 5.06. The van der Waals surface area contributed by atoms with Crippen molar-refractivity contribution in [3.05, 3.63) is 46.3 Å². The molecule has 0 aromatic rings. The highest BCUT2D eigenvalue weighted by molar-refractivity contribution is 8.00. The Morgan fingerprint density at radius 2 is 1.54 bits per heavy atom. The lowest BCUT2D eigenvalue weighted by atomic mass is 9.97. The number of thioether (sulfide) groups is 2. The van der Waals surface area contributed by atoms with Gasteiger partial charge in [-0.05, 0) is 43.4 Å². The van der Waals surface area contributed by atoms with Crippen molar-refractivity contribution in [2.45, 2.75) is 55.6 Å². The van der Waals surface area contributed by atoms with Gasteiger partial charge in [-0.2, -0.15) is 0 Å². The average molecular weight is 546 g/mol. The van der Waals surface area contributed by atoms with Crippen molar-refractivity contribution in [1.29, 1.82) is 0 Å². The molecule has 5 rings (SSSR count). The number of nitrogens with one attached hydrogen (secondary N) is 2. The predicted molar refractivity (Wildman–Crippen MR) is 138 cm³/mol. The first-order valence-electron chi connectivity index (χ1n) is 11.8. The molecule has 5 atom stereocenters. The molecule has 0 aromatic heterocycles. The molecule has 13 heteroatoms. The largest absolute Gasteiger partial charge is 0.477 e. The number of fused-ring (bicyclic) bond motifs is 2. The highest BCUT2D eigenvalue weighted by Gasteiger charge is 2.57. The molecule has 2 saturated heterocycles. The van der Waals surface area contributed by atoms with Crippen LogP contribution in [0.15, 0.2) is 46.3 Å². The van der Waals surface area contributed by atoms with E-state index in [9.17, 15) is 29.1 Å². The van der Waals surface area contributed by atoms with Crippen molar-refractivity contribution in [2.24, 2.45) is 5.73 Å². The summed E-state index contributed by atoms with van der Waals surface area (Å²) in [5.74, 6) is -2.20. The number of hydrogen-bond acceptors (Lipinski definition) is 8. The number of hydrogen-bond donors (Lipinski definition) is 4. The second kappa shape index (κ2) is 9.69. The highest BCUT2D eigenvalue weighted by atomic mass is 32.2. The minimum Gasteiger partial charge on any atom is -0.477 e. The molecule has 5 N–H and O–H groups in total. The summed E-state index contributed by atoms with van der Waals surface area (Å²) < 4.78 is 0. The molecule has 11 nitrogen and oxygen atoms in total. The highest BCUT2D eigenvalue weighted by Crippen LogP contribution is 2.42. The van der Waals surface area contributed by atoms with Crippen LogP contribution < -0.4 is 16.4 Å². The normalized spacial score (nSPS) is 29.5. The van der Waals surface area contributed by atoms with Crippen LogP contribution in [0.25, 0.3) is 0 Å². The maximum absolute atomic E-state index is 13.3. The SMILES string of the molecule is CC1=C(C(=O)O)N2C(=O)[C@@H](NC(=O)C3=C(C)CS[C@@H]4[C@H](NC(=O)[C@H](N)C5=CCC=CC5)C(=O)N34)[C@H]2SC1. The lowest BCUT2D eigenvalue weighted by Gasteiger charge is -2.51. The van der Waals surface area contributed by atoms with Crippen LogP contribution in [0.5, 0.6) is 0 Å². The van der Waals surface area contributed by atoms with E-state index in [1.807, 2.05) is 18.2 Å². The molecule has 0 unspecified atom stereocenters. The van der Waals surface area contributed by atoms with Crippen LogP contribution in [0.4, 0.5) is 0 Å². The summed E-state index contributed by atoms with van der Waals surface area (Å²) in [7, 11) is 0. The van der Waals surface area contributed by atoms with Gasteiger partial charge in [0.05, 0.1) is 0 Å². The van der Waals surface area contributed by atoms with Gasteiger partial charge in [0.1, 0.15) is 40.3 Å². The summed E-state index contributed by atoms with van der Waals surface area (Å²) in [6.45, 7) is 3.41. The Labute approximate surface area is 221 Å². The minimum absolute atomic E-state index is 0.0431. The maximum Gasteiger partial charge on any atom is 0.352 e. The van der Waals surface area contributed by atoms with Gasteiger partial charge in [-0.15, -0.1) is 23.5 Å². The molecule has 2 fully saturated rings. The Morgan fingerprint density at radius 3 is 2.11 bits per heavy atom. The number of carboxylic acid groups (broad SMARTS) is 1. The molecule has 5 aliphatic rings. The Bertz CT molecular complexity index is 1240. The Balaban J connectivity index is 1.25. The fourth-order valence-corrected chi connectivity index (χ4v) is 7.65. The van der Waals surface area contributed by atoms with E-state index in [0.717, 1.165) is 5.57 Å². The molecule has 196 valence electrons. The van der Waals surface area contributed by atoms with Crippen LogP contribution >= 0.6 is 23.5 Å². The summed E-state index contributed by atoms with van der Waals surface area (Å²) in [5.41, 5.74) is 8.30. The summed E-state index contributed by atoms with van der Waals surface area (Å²) in [6.07, 6.45) is 7.15. The van der Waals surface area contributed by atoms with Crippen molar-refractivity contribution in [1.82, 2.24) is 20.4 Å². The van der Waals surface area contributed by atoms with E-state index in [-0.39, 0.29) is 11.4 Å². The van der Waals surface area contributed by atoms with Crippen LogP contribution in [-0.4, -0.2) is 84.9 Å². The molecular weight excluding hydrogens is 518 g/mol. The number of carbonyl (C=O) groups excluding carboxylic acids is 4. The second-order valence-corrected chi connectivity index (χ2v) is 11.7. The van der Waals surface area contributed by atoms with Gasteiger partial charge in [0.25, 0.3) is 17.7 Å². The van der Waals surface area contributed by atoms with Crippen LogP contribution in [0.3, 0.4) is 0 Å². The van der Waals surface area contributed by atoms with E-state index >= 15 is 0 Å². The first kappa shape index (κ1) is 25.6. The first-order valence-corrected chi connectivity index (χ1v) is 13.9.